The van der Waals surface area contributed by atoms with Gasteiger partial charge >= 0.3 is 0 Å². The summed E-state index contributed by atoms with van der Waals surface area (Å²) >= 11 is 7.20. The Bertz CT molecular complexity index is 261. The van der Waals surface area contributed by atoms with Crippen molar-refractivity contribution in [3.05, 3.63) is 22.4 Å². The minimum atomic E-state index is 0.0993. The number of thiophene rings is 1. The van der Waals surface area contributed by atoms with E-state index >= 15 is 0 Å². The molecule has 1 amide bonds. The Balaban J connectivity index is 2.06. The predicted molar refractivity (Wildman–Crippen MR) is 61.0 cm³/mol. The van der Waals surface area contributed by atoms with E-state index in [9.17, 15) is 4.79 Å². The zero-order valence-electron chi connectivity index (χ0n) is 7.96. The maximum atomic E-state index is 11.2. The van der Waals surface area contributed by atoms with Gasteiger partial charge in [-0.2, -0.15) is 0 Å². The Kier molecular flexibility index (Phi) is 5.64. The summed E-state index contributed by atoms with van der Waals surface area (Å²) in [4.78, 5) is 12.5. The number of rotatable bonds is 6. The maximum Gasteiger partial charge on any atom is 0.220 e. The lowest BCUT2D eigenvalue weighted by molar-refractivity contribution is -0.121. The molecule has 2 nitrogen and oxygen atoms in total. The van der Waals surface area contributed by atoms with E-state index in [0.717, 1.165) is 19.4 Å². The standard InChI is InChI=1S/C10H14ClNOS/c11-6-1-4-10(13)12-7-5-9-3-2-8-14-9/h2-3,8H,1,4-7H2,(H,12,13). The van der Waals surface area contributed by atoms with E-state index in [1.165, 1.54) is 4.88 Å². The molecule has 1 aromatic heterocycles. The highest BCUT2D eigenvalue weighted by molar-refractivity contribution is 7.09. The molecule has 0 fully saturated rings. The number of carbonyl (C=O) groups excluding carboxylic acids is 1. The molecule has 0 spiro atoms. The van der Waals surface area contributed by atoms with Gasteiger partial charge in [0.1, 0.15) is 0 Å². The quantitative estimate of drug-likeness (QED) is 0.749. The SMILES string of the molecule is O=C(CCCCl)NCCc1cccs1. The molecule has 78 valence electrons. The molecule has 1 aromatic rings. The lowest BCUT2D eigenvalue weighted by atomic mass is 10.3. The van der Waals surface area contributed by atoms with Crippen molar-refractivity contribution >= 4 is 28.8 Å². The molecule has 0 saturated heterocycles. The van der Waals surface area contributed by atoms with E-state index in [0.29, 0.717) is 12.3 Å². The van der Waals surface area contributed by atoms with Gasteiger partial charge in [-0.05, 0) is 24.3 Å². The summed E-state index contributed by atoms with van der Waals surface area (Å²) in [6, 6.07) is 4.10. The minimum Gasteiger partial charge on any atom is -0.356 e. The van der Waals surface area contributed by atoms with Crippen LogP contribution in [-0.2, 0) is 11.2 Å². The number of nitrogens with one attached hydrogen (secondary N) is 1. The fourth-order valence-electron chi connectivity index (χ4n) is 1.10. The molecule has 0 aliphatic rings. The Labute approximate surface area is 93.3 Å². The molecule has 0 aliphatic heterocycles. The molecule has 0 radical (unpaired) electrons. The second-order valence-corrected chi connectivity index (χ2v) is 4.38. The third-order valence-electron chi connectivity index (χ3n) is 1.81. The van der Waals surface area contributed by atoms with Gasteiger partial charge in [-0.1, -0.05) is 6.07 Å². The van der Waals surface area contributed by atoms with Crippen LogP contribution in [-0.4, -0.2) is 18.3 Å². The van der Waals surface area contributed by atoms with Gasteiger partial charge in [0.05, 0.1) is 0 Å². The first-order chi connectivity index (χ1) is 6.83. The third-order valence-corrected chi connectivity index (χ3v) is 3.01. The Morgan fingerprint density at radius 2 is 2.43 bits per heavy atom. The predicted octanol–water partition coefficient (Wildman–Crippen LogP) is 2.43. The van der Waals surface area contributed by atoms with Gasteiger partial charge in [0, 0.05) is 23.7 Å². The Hall–Kier alpha value is -0.540. The van der Waals surface area contributed by atoms with Gasteiger partial charge in [0.25, 0.3) is 0 Å². The van der Waals surface area contributed by atoms with Crippen LogP contribution in [0.15, 0.2) is 17.5 Å². The van der Waals surface area contributed by atoms with Crippen molar-refractivity contribution in [1.29, 1.82) is 0 Å². The second-order valence-electron chi connectivity index (χ2n) is 2.97. The van der Waals surface area contributed by atoms with Gasteiger partial charge in [-0.25, -0.2) is 0 Å². The molecule has 14 heavy (non-hydrogen) atoms. The Morgan fingerprint density at radius 3 is 3.07 bits per heavy atom. The summed E-state index contributed by atoms with van der Waals surface area (Å²) in [5.41, 5.74) is 0. The molecule has 1 N–H and O–H groups in total. The van der Waals surface area contributed by atoms with Crippen LogP contribution in [0.2, 0.25) is 0 Å². The van der Waals surface area contributed by atoms with Crippen molar-refractivity contribution in [3.63, 3.8) is 0 Å². The molecule has 0 atom stereocenters. The van der Waals surface area contributed by atoms with Gasteiger partial charge in [0.15, 0.2) is 0 Å². The van der Waals surface area contributed by atoms with Crippen LogP contribution in [0.5, 0.6) is 0 Å². The third kappa shape index (κ3) is 4.63. The molecule has 0 aliphatic carbocycles. The molecule has 1 heterocycles. The van der Waals surface area contributed by atoms with Gasteiger partial charge in [-0.3, -0.25) is 4.79 Å². The van der Waals surface area contributed by atoms with Gasteiger partial charge < -0.3 is 5.32 Å². The van der Waals surface area contributed by atoms with Crippen LogP contribution < -0.4 is 5.32 Å². The van der Waals surface area contributed by atoms with Crippen molar-refractivity contribution in [2.75, 3.05) is 12.4 Å². The second kappa shape index (κ2) is 6.85. The van der Waals surface area contributed by atoms with Crippen molar-refractivity contribution < 1.29 is 4.79 Å². The first kappa shape index (κ1) is 11.5. The zero-order valence-corrected chi connectivity index (χ0v) is 9.53. The van der Waals surface area contributed by atoms with Crippen LogP contribution >= 0.6 is 22.9 Å². The molecular weight excluding hydrogens is 218 g/mol. The molecule has 0 unspecified atom stereocenters. The van der Waals surface area contributed by atoms with Crippen LogP contribution in [0.4, 0.5) is 0 Å². The van der Waals surface area contributed by atoms with E-state index in [-0.39, 0.29) is 5.91 Å². The summed E-state index contributed by atoms with van der Waals surface area (Å²) in [5.74, 6) is 0.653. The molecule has 4 heteroatoms. The van der Waals surface area contributed by atoms with Crippen LogP contribution in [0.1, 0.15) is 17.7 Å². The van der Waals surface area contributed by atoms with Crippen molar-refractivity contribution in [3.8, 4) is 0 Å². The minimum absolute atomic E-state index is 0.0993. The number of amides is 1. The fourth-order valence-corrected chi connectivity index (χ4v) is 1.94. The number of carbonyl (C=O) groups is 1. The van der Waals surface area contributed by atoms with Gasteiger partial charge in [0.2, 0.25) is 5.91 Å². The van der Waals surface area contributed by atoms with Crippen molar-refractivity contribution in [2.24, 2.45) is 0 Å². The van der Waals surface area contributed by atoms with Crippen molar-refractivity contribution in [1.82, 2.24) is 5.32 Å². The summed E-state index contributed by atoms with van der Waals surface area (Å²) in [5, 5.41) is 4.91. The highest BCUT2D eigenvalue weighted by atomic mass is 35.5. The molecule has 0 saturated carbocycles. The number of hydrogen-bond donors (Lipinski definition) is 1. The normalized spacial score (nSPS) is 10.1. The first-order valence-electron chi connectivity index (χ1n) is 4.68. The van der Waals surface area contributed by atoms with Crippen LogP contribution in [0.25, 0.3) is 0 Å². The smallest absolute Gasteiger partial charge is 0.220 e. The first-order valence-corrected chi connectivity index (χ1v) is 6.09. The van der Waals surface area contributed by atoms with Crippen LogP contribution in [0, 0.1) is 0 Å². The average Bonchev–Trinajstić information content (AvgIpc) is 2.67. The number of halogens is 1. The highest BCUT2D eigenvalue weighted by Gasteiger charge is 1.99. The Morgan fingerprint density at radius 1 is 1.57 bits per heavy atom. The molecule has 1 rings (SSSR count). The largest absolute Gasteiger partial charge is 0.356 e. The summed E-state index contributed by atoms with van der Waals surface area (Å²) in [6.07, 6.45) is 2.21. The van der Waals surface area contributed by atoms with E-state index in [2.05, 4.69) is 11.4 Å². The van der Waals surface area contributed by atoms with E-state index < -0.39 is 0 Å². The highest BCUT2D eigenvalue weighted by Crippen LogP contribution is 2.08. The van der Waals surface area contributed by atoms with E-state index in [1.807, 2.05) is 11.4 Å². The van der Waals surface area contributed by atoms with Crippen molar-refractivity contribution in [2.45, 2.75) is 19.3 Å². The summed E-state index contributed by atoms with van der Waals surface area (Å²) < 4.78 is 0. The molecule has 0 bridgehead atoms. The summed E-state index contributed by atoms with van der Waals surface area (Å²) in [6.45, 7) is 0.724. The van der Waals surface area contributed by atoms with E-state index in [1.54, 1.807) is 11.3 Å². The lowest BCUT2D eigenvalue weighted by Gasteiger charge is -2.02. The van der Waals surface area contributed by atoms with E-state index in [4.69, 9.17) is 11.6 Å². The zero-order chi connectivity index (χ0) is 10.2. The number of alkyl halides is 1. The van der Waals surface area contributed by atoms with Crippen LogP contribution in [0.3, 0.4) is 0 Å². The molecular formula is C10H14ClNOS. The maximum absolute atomic E-state index is 11.2. The number of hydrogen-bond acceptors (Lipinski definition) is 2. The topological polar surface area (TPSA) is 29.1 Å². The average molecular weight is 232 g/mol. The van der Waals surface area contributed by atoms with Gasteiger partial charge in [-0.15, -0.1) is 22.9 Å². The summed E-state index contributed by atoms with van der Waals surface area (Å²) in [7, 11) is 0. The lowest BCUT2D eigenvalue weighted by Crippen LogP contribution is -2.25. The fraction of sp³-hybridized carbons (Fsp3) is 0.500. The monoisotopic (exact) mass is 231 g/mol. The molecule has 0 aromatic carbocycles.